The third kappa shape index (κ3) is 3.60. The maximum atomic E-state index is 14.7. The molecule has 3 atom stereocenters. The number of alkyl halides is 2. The van der Waals surface area contributed by atoms with Crippen molar-refractivity contribution in [2.45, 2.75) is 38.0 Å². The Labute approximate surface area is 176 Å². The summed E-state index contributed by atoms with van der Waals surface area (Å²) < 4.78 is 46.7. The highest BCUT2D eigenvalue weighted by molar-refractivity contribution is 5.90. The van der Waals surface area contributed by atoms with E-state index in [9.17, 15) is 13.2 Å². The summed E-state index contributed by atoms with van der Waals surface area (Å²) in [6, 6.07) is 3.63. The van der Waals surface area contributed by atoms with Crippen LogP contribution >= 0.6 is 0 Å². The van der Waals surface area contributed by atoms with E-state index in [1.807, 2.05) is 6.07 Å². The number of ether oxygens (including phenoxy) is 1. The Balaban J connectivity index is 1.47. The van der Waals surface area contributed by atoms with Crippen molar-refractivity contribution in [3.8, 4) is 0 Å². The summed E-state index contributed by atoms with van der Waals surface area (Å²) in [4.78, 5) is 6.63. The van der Waals surface area contributed by atoms with E-state index in [0.717, 1.165) is 31.3 Å². The Morgan fingerprint density at radius 2 is 1.87 bits per heavy atom. The molecule has 3 fully saturated rings. The highest BCUT2D eigenvalue weighted by atomic mass is 19.3. The zero-order valence-electron chi connectivity index (χ0n) is 16.7. The van der Waals surface area contributed by atoms with Gasteiger partial charge in [-0.05, 0) is 25.1 Å². The van der Waals surface area contributed by atoms with Crippen LogP contribution in [0.1, 0.15) is 36.9 Å². The summed E-state index contributed by atoms with van der Waals surface area (Å²) in [7, 11) is 0. The van der Waals surface area contributed by atoms with Gasteiger partial charge in [-0.3, -0.25) is 0 Å². The number of pyridine rings is 1. The van der Waals surface area contributed by atoms with Crippen molar-refractivity contribution in [1.82, 2.24) is 15.2 Å². The van der Waals surface area contributed by atoms with E-state index in [4.69, 9.17) is 10.5 Å². The first-order valence-corrected chi connectivity index (χ1v) is 10.0. The van der Waals surface area contributed by atoms with Crippen LogP contribution in [0.5, 0.6) is 0 Å². The van der Waals surface area contributed by atoms with Gasteiger partial charge < -0.3 is 20.7 Å². The van der Waals surface area contributed by atoms with Crippen molar-refractivity contribution in [3.63, 3.8) is 0 Å². The van der Waals surface area contributed by atoms with Crippen LogP contribution in [-0.2, 0) is 4.74 Å². The van der Waals surface area contributed by atoms with Crippen LogP contribution in [0.25, 0.3) is 11.0 Å². The molecule has 0 radical (unpaired) electrons. The second kappa shape index (κ2) is 7.52. The molecular formula is C21H21F3N6O. The number of nitrogens with one attached hydrogen (secondary N) is 1. The van der Waals surface area contributed by atoms with Crippen LogP contribution in [0.2, 0.25) is 0 Å². The summed E-state index contributed by atoms with van der Waals surface area (Å²) in [6.45, 7) is 3.27. The molecule has 31 heavy (non-hydrogen) atoms. The van der Waals surface area contributed by atoms with Gasteiger partial charge in [0.2, 0.25) is 0 Å². The number of aromatic nitrogens is 3. The van der Waals surface area contributed by atoms with E-state index in [0.29, 0.717) is 16.7 Å². The van der Waals surface area contributed by atoms with Crippen molar-refractivity contribution in [2.75, 3.05) is 29.0 Å². The molecule has 10 heteroatoms. The maximum absolute atomic E-state index is 14.7. The van der Waals surface area contributed by atoms with Gasteiger partial charge in [-0.25, -0.2) is 18.2 Å². The topological polar surface area (TPSA) is 89.2 Å². The average molecular weight is 430 g/mol. The minimum Gasteiger partial charge on any atom is -0.399 e. The number of anilines is 3. The fourth-order valence-corrected chi connectivity index (χ4v) is 4.27. The van der Waals surface area contributed by atoms with E-state index in [1.54, 1.807) is 13.1 Å². The lowest BCUT2D eigenvalue weighted by molar-refractivity contribution is -0.133. The predicted octanol–water partition coefficient (Wildman–Crippen LogP) is 3.83. The monoisotopic (exact) mass is 430 g/mol. The quantitative estimate of drug-likeness (QED) is 0.595. The fraction of sp³-hybridized carbons (Fsp3) is 0.381. The average Bonchev–Trinajstić information content (AvgIpc) is 2.74. The number of rotatable bonds is 5. The Kier molecular flexibility index (Phi) is 4.81. The summed E-state index contributed by atoms with van der Waals surface area (Å²) >= 11 is 0. The van der Waals surface area contributed by atoms with Gasteiger partial charge in [-0.2, -0.15) is 5.10 Å². The van der Waals surface area contributed by atoms with Crippen LogP contribution in [0.15, 0.2) is 30.6 Å². The van der Waals surface area contributed by atoms with E-state index >= 15 is 0 Å². The van der Waals surface area contributed by atoms with Crippen molar-refractivity contribution in [1.29, 1.82) is 0 Å². The van der Waals surface area contributed by atoms with Crippen molar-refractivity contribution in [3.05, 3.63) is 47.5 Å². The molecule has 3 aliphatic heterocycles. The van der Waals surface area contributed by atoms with Crippen LogP contribution in [0.4, 0.5) is 30.2 Å². The summed E-state index contributed by atoms with van der Waals surface area (Å²) in [6.07, 6.45) is 1.89. The molecule has 0 aliphatic carbocycles. The molecule has 0 amide bonds. The molecule has 1 aromatic carbocycles. The summed E-state index contributed by atoms with van der Waals surface area (Å²) in [5, 5.41) is 11.9. The Hall–Kier alpha value is -3.14. The fourth-order valence-electron chi connectivity index (χ4n) is 4.27. The largest absolute Gasteiger partial charge is 0.399 e. The third-order valence-electron chi connectivity index (χ3n) is 5.83. The van der Waals surface area contributed by atoms with E-state index in [1.165, 1.54) is 12.3 Å². The molecule has 3 N–H and O–H groups in total. The van der Waals surface area contributed by atoms with Gasteiger partial charge in [-0.15, -0.1) is 5.10 Å². The van der Waals surface area contributed by atoms with Gasteiger partial charge in [0.25, 0.3) is 6.43 Å². The molecule has 7 nitrogen and oxygen atoms in total. The molecule has 6 rings (SSSR count). The molecule has 5 heterocycles. The number of hydrogen-bond acceptors (Lipinski definition) is 7. The Morgan fingerprint density at radius 1 is 1.16 bits per heavy atom. The van der Waals surface area contributed by atoms with Gasteiger partial charge in [0.05, 0.1) is 47.6 Å². The number of nitrogen functional groups attached to an aromatic ring is 1. The normalized spacial score (nSPS) is 21.3. The number of benzene rings is 1. The first-order chi connectivity index (χ1) is 14.9. The number of halogens is 3. The molecule has 162 valence electrons. The molecule has 0 spiro atoms. The smallest absolute Gasteiger partial charge is 0.266 e. The number of nitrogens with zero attached hydrogens (tertiary/aromatic N) is 4. The lowest BCUT2D eigenvalue weighted by Crippen LogP contribution is -2.57. The van der Waals surface area contributed by atoms with E-state index in [2.05, 4.69) is 25.4 Å². The van der Waals surface area contributed by atoms with Crippen molar-refractivity contribution in [2.24, 2.45) is 0 Å². The number of piperidine rings is 1. The number of hydrogen-bond donors (Lipinski definition) is 2. The molecule has 0 saturated carbocycles. The Morgan fingerprint density at radius 3 is 2.58 bits per heavy atom. The van der Waals surface area contributed by atoms with Gasteiger partial charge >= 0.3 is 0 Å². The molecule has 2 bridgehead atoms. The first-order valence-electron chi connectivity index (χ1n) is 10.0. The first kappa shape index (κ1) is 19.8. The number of nitrogens with two attached hydrogens (primary N) is 1. The lowest BCUT2D eigenvalue weighted by atomic mass is 9.98. The van der Waals surface area contributed by atoms with E-state index < -0.39 is 23.8 Å². The molecule has 2 aromatic heterocycles. The predicted molar refractivity (Wildman–Crippen MR) is 111 cm³/mol. The van der Waals surface area contributed by atoms with E-state index in [-0.39, 0.29) is 23.5 Å². The zero-order chi connectivity index (χ0) is 21.7. The molecular weight excluding hydrogens is 409 g/mol. The standard InChI is InChI=1S/C21H21F3N6O/c1-10(15-2-11(25)3-17(19(15)22)20(23)24)28-18-7-27-29-21-16(18)4-12(6-26-21)30-8-13-5-14(9-30)31-13/h2-4,6-7,10,13-14,20H,5,8-9,25H2,1H3,(H,26,28,29)/t10-,13?,14?/m1/s1. The van der Waals surface area contributed by atoms with Gasteiger partial charge in [0, 0.05) is 36.1 Å². The molecule has 3 aromatic rings. The van der Waals surface area contributed by atoms with Gasteiger partial charge in [0.1, 0.15) is 5.82 Å². The minimum absolute atomic E-state index is 0.0534. The Bertz CT molecular complexity index is 1130. The summed E-state index contributed by atoms with van der Waals surface area (Å²) in [5.41, 5.74) is 7.09. The number of morpholine rings is 1. The van der Waals surface area contributed by atoms with Crippen LogP contribution in [-0.4, -0.2) is 40.5 Å². The third-order valence-corrected chi connectivity index (χ3v) is 5.83. The highest BCUT2D eigenvalue weighted by Gasteiger charge is 2.38. The zero-order valence-corrected chi connectivity index (χ0v) is 16.7. The van der Waals surface area contributed by atoms with Gasteiger partial charge in [0.15, 0.2) is 5.65 Å². The minimum atomic E-state index is -2.95. The molecule has 3 aliphatic rings. The van der Waals surface area contributed by atoms with Crippen LogP contribution in [0.3, 0.4) is 0 Å². The van der Waals surface area contributed by atoms with Crippen LogP contribution < -0.4 is 16.0 Å². The second-order valence-corrected chi connectivity index (χ2v) is 8.02. The van der Waals surface area contributed by atoms with Crippen molar-refractivity contribution < 1.29 is 17.9 Å². The summed E-state index contributed by atoms with van der Waals surface area (Å²) in [5.74, 6) is -0.970. The second-order valence-electron chi connectivity index (χ2n) is 8.02. The maximum Gasteiger partial charge on any atom is 0.266 e. The number of fused-ring (bicyclic) bond motifs is 3. The SMILES string of the molecule is C[C@@H](Nc1cnnc2ncc(N3CC4CC(C3)O4)cc12)c1cc(N)cc(C(F)F)c1F. The van der Waals surface area contributed by atoms with Gasteiger partial charge in [-0.1, -0.05) is 0 Å². The molecule has 2 unspecified atom stereocenters. The molecule has 3 saturated heterocycles. The lowest BCUT2D eigenvalue weighted by Gasteiger charge is -2.47. The van der Waals surface area contributed by atoms with Crippen LogP contribution in [0, 0.1) is 5.82 Å². The highest BCUT2D eigenvalue weighted by Crippen LogP contribution is 2.35. The van der Waals surface area contributed by atoms with Crippen molar-refractivity contribution >= 4 is 28.1 Å².